The molecule has 3 fully saturated rings. The monoisotopic (exact) mass is 318 g/mol. The third-order valence-corrected chi connectivity index (χ3v) is 5.83. The summed E-state index contributed by atoms with van der Waals surface area (Å²) >= 11 is 0. The van der Waals surface area contributed by atoms with Crippen LogP contribution in [0.1, 0.15) is 39.0 Å². The minimum atomic E-state index is -1.09. The first kappa shape index (κ1) is 16.2. The maximum atomic E-state index is 13.4. The highest BCUT2D eigenvalue weighted by molar-refractivity contribution is 5.79. The zero-order valence-electron chi connectivity index (χ0n) is 13.5. The van der Waals surface area contributed by atoms with Crippen molar-refractivity contribution in [3.63, 3.8) is 0 Å². The molecule has 0 spiro atoms. The number of alkyl halides is 1. The van der Waals surface area contributed by atoms with Crippen molar-refractivity contribution in [3.05, 3.63) is 0 Å². The summed E-state index contributed by atoms with van der Waals surface area (Å²) in [6, 6.07) is 3.76. The molecule has 4 atom stereocenters. The Morgan fingerprint density at radius 2 is 1.91 bits per heavy atom. The van der Waals surface area contributed by atoms with Crippen LogP contribution in [-0.2, 0) is 4.79 Å². The predicted octanol–water partition coefficient (Wildman–Crippen LogP) is 1.76. The maximum Gasteiger partial charge on any atom is 0.237 e. The van der Waals surface area contributed by atoms with E-state index in [0.717, 1.165) is 25.7 Å². The van der Waals surface area contributed by atoms with Gasteiger partial charge in [0.05, 0.1) is 25.2 Å². The number of nitrogens with zero attached hydrogens (tertiary/aromatic N) is 3. The average Bonchev–Trinajstić information content (AvgIpc) is 3.15. The van der Waals surface area contributed by atoms with Gasteiger partial charge in [0.15, 0.2) is 0 Å². The lowest BCUT2D eigenvalue weighted by atomic mass is 9.93. The first-order valence-corrected chi connectivity index (χ1v) is 8.42. The van der Waals surface area contributed by atoms with Crippen LogP contribution in [0.25, 0.3) is 0 Å². The topological polar surface area (TPSA) is 79.9 Å². The molecule has 0 aromatic rings. The van der Waals surface area contributed by atoms with Crippen molar-refractivity contribution in [1.29, 1.82) is 10.5 Å². The highest BCUT2D eigenvalue weighted by atomic mass is 19.1. The van der Waals surface area contributed by atoms with Crippen molar-refractivity contribution in [2.24, 2.45) is 17.8 Å². The Bertz CT molecular complexity index is 552. The van der Waals surface area contributed by atoms with Crippen LogP contribution >= 0.6 is 0 Å². The van der Waals surface area contributed by atoms with Crippen LogP contribution in [0, 0.1) is 40.4 Å². The molecule has 4 unspecified atom stereocenters. The Balaban J connectivity index is 1.52. The van der Waals surface area contributed by atoms with Gasteiger partial charge in [0.2, 0.25) is 5.91 Å². The molecular formula is C17H23FN4O. The van der Waals surface area contributed by atoms with Crippen molar-refractivity contribution in [1.82, 2.24) is 10.2 Å². The number of halogens is 1. The van der Waals surface area contributed by atoms with Gasteiger partial charge >= 0.3 is 0 Å². The summed E-state index contributed by atoms with van der Waals surface area (Å²) in [6.45, 7) is 2.32. The Hall–Kier alpha value is -1.66. The second kappa shape index (κ2) is 6.09. The average molecular weight is 318 g/mol. The number of rotatable bonds is 3. The number of likely N-dealkylation sites (tertiary alicyclic amines) is 1. The van der Waals surface area contributed by atoms with Crippen molar-refractivity contribution in [2.75, 3.05) is 13.1 Å². The van der Waals surface area contributed by atoms with Crippen LogP contribution in [0.5, 0.6) is 0 Å². The quantitative estimate of drug-likeness (QED) is 0.860. The number of fused-ring (bicyclic) bond motifs is 1. The molecule has 2 saturated carbocycles. The van der Waals surface area contributed by atoms with Crippen LogP contribution in [0.2, 0.25) is 0 Å². The molecule has 0 aromatic carbocycles. The van der Waals surface area contributed by atoms with Gasteiger partial charge in [-0.2, -0.15) is 10.5 Å². The molecule has 0 aromatic heterocycles. The molecule has 1 N–H and O–H groups in total. The van der Waals surface area contributed by atoms with E-state index in [1.807, 2.05) is 6.07 Å². The van der Waals surface area contributed by atoms with E-state index in [4.69, 9.17) is 10.5 Å². The minimum Gasteiger partial charge on any atom is -0.323 e. The molecule has 6 heteroatoms. The predicted molar refractivity (Wildman–Crippen MR) is 81.6 cm³/mol. The number of carbonyl (C=O) groups excluding carboxylic acids is 1. The van der Waals surface area contributed by atoms with Gasteiger partial charge in [-0.25, -0.2) is 4.39 Å². The summed E-state index contributed by atoms with van der Waals surface area (Å²) in [6.07, 6.45) is 2.94. The normalized spacial score (nSPS) is 42.3. The third kappa shape index (κ3) is 3.19. The molecule has 3 rings (SSSR count). The van der Waals surface area contributed by atoms with E-state index < -0.39 is 12.2 Å². The molecule has 23 heavy (non-hydrogen) atoms. The lowest BCUT2D eigenvalue weighted by Gasteiger charge is -2.29. The summed E-state index contributed by atoms with van der Waals surface area (Å²) in [4.78, 5) is 13.7. The number of nitrogens with one attached hydrogen (secondary N) is 1. The summed E-state index contributed by atoms with van der Waals surface area (Å²) in [7, 11) is 0. The standard InChI is InChI=1S/C17H23FN4O/c1-17(5-12-2-11(7-19)3-13(12)6-17)21-9-16(23)22-10-14(18)4-15(22)8-20/h11-15,21H,2-6,9-10H2,1H3. The Morgan fingerprint density at radius 1 is 1.26 bits per heavy atom. The second-order valence-electron chi connectivity index (χ2n) is 7.66. The second-order valence-corrected chi connectivity index (χ2v) is 7.66. The Kier molecular flexibility index (Phi) is 4.29. The molecule has 0 radical (unpaired) electrons. The van der Waals surface area contributed by atoms with Crippen molar-refractivity contribution >= 4 is 5.91 Å². The fraction of sp³-hybridized carbons (Fsp3) is 0.824. The largest absolute Gasteiger partial charge is 0.323 e. The number of hydrogen-bond donors (Lipinski definition) is 1. The van der Waals surface area contributed by atoms with Crippen LogP contribution in [0.4, 0.5) is 4.39 Å². The molecule has 3 aliphatic rings. The molecule has 1 heterocycles. The fourth-order valence-corrected chi connectivity index (χ4v) is 4.78. The van der Waals surface area contributed by atoms with Crippen LogP contribution in [0.3, 0.4) is 0 Å². The van der Waals surface area contributed by atoms with E-state index in [-0.39, 0.29) is 36.9 Å². The summed E-state index contributed by atoms with van der Waals surface area (Å²) < 4.78 is 13.4. The van der Waals surface area contributed by atoms with Gasteiger partial charge in [0.1, 0.15) is 12.2 Å². The van der Waals surface area contributed by atoms with Gasteiger partial charge in [0.25, 0.3) is 0 Å². The van der Waals surface area contributed by atoms with Crippen LogP contribution in [0.15, 0.2) is 0 Å². The molecule has 124 valence electrons. The molecule has 1 aliphatic heterocycles. The maximum absolute atomic E-state index is 13.4. The van der Waals surface area contributed by atoms with Crippen molar-refractivity contribution in [3.8, 4) is 12.1 Å². The fourth-order valence-electron chi connectivity index (χ4n) is 4.78. The van der Waals surface area contributed by atoms with Gasteiger partial charge in [-0.3, -0.25) is 4.79 Å². The van der Waals surface area contributed by atoms with E-state index >= 15 is 0 Å². The summed E-state index contributed by atoms with van der Waals surface area (Å²) in [5.74, 6) is 1.14. The van der Waals surface area contributed by atoms with Crippen molar-refractivity contribution < 1.29 is 9.18 Å². The van der Waals surface area contributed by atoms with Gasteiger partial charge < -0.3 is 10.2 Å². The summed E-state index contributed by atoms with van der Waals surface area (Å²) in [5, 5.41) is 21.4. The van der Waals surface area contributed by atoms with E-state index in [2.05, 4.69) is 18.3 Å². The van der Waals surface area contributed by atoms with E-state index in [1.165, 1.54) is 4.90 Å². The SMILES string of the molecule is CC1(NCC(=O)N2CC(F)CC2C#N)CC2CC(C#N)CC2C1. The van der Waals surface area contributed by atoms with Crippen LogP contribution < -0.4 is 5.32 Å². The van der Waals surface area contributed by atoms with E-state index in [0.29, 0.717) is 11.8 Å². The highest BCUT2D eigenvalue weighted by Crippen LogP contribution is 2.50. The summed E-state index contributed by atoms with van der Waals surface area (Å²) in [5.41, 5.74) is -0.0948. The smallest absolute Gasteiger partial charge is 0.237 e. The lowest BCUT2D eigenvalue weighted by Crippen LogP contribution is -2.48. The minimum absolute atomic E-state index is 0.0323. The molecule has 5 nitrogen and oxygen atoms in total. The third-order valence-electron chi connectivity index (χ3n) is 5.83. The Labute approximate surface area is 136 Å². The first-order valence-electron chi connectivity index (χ1n) is 8.42. The van der Waals surface area contributed by atoms with Crippen LogP contribution in [-0.4, -0.2) is 41.6 Å². The van der Waals surface area contributed by atoms with Gasteiger partial charge in [-0.05, 0) is 44.4 Å². The lowest BCUT2D eigenvalue weighted by molar-refractivity contribution is -0.130. The number of nitriles is 2. The number of carbonyl (C=O) groups is 1. The number of amides is 1. The zero-order valence-corrected chi connectivity index (χ0v) is 13.5. The van der Waals surface area contributed by atoms with E-state index in [9.17, 15) is 9.18 Å². The molecule has 0 bridgehead atoms. The molecule has 2 aliphatic carbocycles. The first-order chi connectivity index (χ1) is 10.9. The van der Waals surface area contributed by atoms with Gasteiger partial charge in [-0.1, -0.05) is 0 Å². The highest BCUT2D eigenvalue weighted by Gasteiger charge is 2.47. The molecule has 1 saturated heterocycles. The van der Waals surface area contributed by atoms with Gasteiger partial charge in [-0.15, -0.1) is 0 Å². The number of hydrogen-bond acceptors (Lipinski definition) is 4. The zero-order chi connectivity index (χ0) is 16.6. The molecular weight excluding hydrogens is 295 g/mol. The molecule has 1 amide bonds. The van der Waals surface area contributed by atoms with Crippen molar-refractivity contribution in [2.45, 2.75) is 56.8 Å². The van der Waals surface area contributed by atoms with E-state index in [1.54, 1.807) is 0 Å². The Morgan fingerprint density at radius 3 is 2.48 bits per heavy atom. The van der Waals surface area contributed by atoms with Gasteiger partial charge in [0, 0.05) is 17.9 Å².